The summed E-state index contributed by atoms with van der Waals surface area (Å²) in [6.07, 6.45) is 9.14. The molecule has 3 nitrogen and oxygen atoms in total. The van der Waals surface area contributed by atoms with Crippen molar-refractivity contribution in [2.24, 2.45) is 16.6 Å². The van der Waals surface area contributed by atoms with Gasteiger partial charge in [-0.05, 0) is 43.1 Å². The summed E-state index contributed by atoms with van der Waals surface area (Å²) in [5.41, 5.74) is 6.85. The SMILES string of the molecule is CC1(CNCC2(CN)CCCCC2)CCOCC1. The molecule has 0 aromatic rings. The summed E-state index contributed by atoms with van der Waals surface area (Å²) in [5, 5.41) is 3.72. The van der Waals surface area contributed by atoms with Crippen LogP contribution in [0.2, 0.25) is 0 Å². The van der Waals surface area contributed by atoms with E-state index in [0.717, 1.165) is 32.8 Å². The second-order valence-electron chi connectivity index (χ2n) is 6.79. The molecule has 0 spiro atoms. The number of nitrogens with two attached hydrogens (primary N) is 1. The fourth-order valence-corrected chi connectivity index (χ4v) is 3.43. The summed E-state index contributed by atoms with van der Waals surface area (Å²) >= 11 is 0. The van der Waals surface area contributed by atoms with Crippen LogP contribution in [0.5, 0.6) is 0 Å². The Morgan fingerprint density at radius 2 is 1.67 bits per heavy atom. The molecule has 0 amide bonds. The average Bonchev–Trinajstić information content (AvgIpc) is 2.40. The van der Waals surface area contributed by atoms with E-state index in [1.54, 1.807) is 0 Å². The minimum absolute atomic E-state index is 0.389. The fraction of sp³-hybridized carbons (Fsp3) is 1.00. The van der Waals surface area contributed by atoms with E-state index in [2.05, 4.69) is 12.2 Å². The van der Waals surface area contributed by atoms with Crippen LogP contribution in [0.1, 0.15) is 51.9 Å². The third-order valence-corrected chi connectivity index (χ3v) is 5.10. The smallest absolute Gasteiger partial charge is 0.0471 e. The van der Waals surface area contributed by atoms with E-state index in [1.165, 1.54) is 44.9 Å². The highest BCUT2D eigenvalue weighted by Crippen LogP contribution is 2.35. The summed E-state index contributed by atoms with van der Waals surface area (Å²) in [4.78, 5) is 0. The molecule has 0 unspecified atom stereocenters. The van der Waals surface area contributed by atoms with Crippen molar-refractivity contribution in [3.05, 3.63) is 0 Å². The molecule has 0 aromatic heterocycles. The van der Waals surface area contributed by atoms with Crippen molar-refractivity contribution in [2.75, 3.05) is 32.8 Å². The van der Waals surface area contributed by atoms with Crippen molar-refractivity contribution in [1.29, 1.82) is 0 Å². The van der Waals surface area contributed by atoms with Crippen molar-refractivity contribution in [3.63, 3.8) is 0 Å². The third kappa shape index (κ3) is 3.69. The van der Waals surface area contributed by atoms with E-state index >= 15 is 0 Å². The summed E-state index contributed by atoms with van der Waals surface area (Å²) < 4.78 is 5.45. The zero-order chi connectivity index (χ0) is 12.9. The van der Waals surface area contributed by atoms with E-state index in [-0.39, 0.29) is 0 Å². The molecule has 2 aliphatic rings. The Morgan fingerprint density at radius 3 is 2.28 bits per heavy atom. The van der Waals surface area contributed by atoms with Crippen LogP contribution in [0, 0.1) is 10.8 Å². The van der Waals surface area contributed by atoms with Crippen molar-refractivity contribution in [2.45, 2.75) is 51.9 Å². The number of hydrogen-bond acceptors (Lipinski definition) is 3. The van der Waals surface area contributed by atoms with Gasteiger partial charge in [0.05, 0.1) is 0 Å². The van der Waals surface area contributed by atoms with Gasteiger partial charge in [0.1, 0.15) is 0 Å². The van der Waals surface area contributed by atoms with Gasteiger partial charge in [-0.2, -0.15) is 0 Å². The molecule has 3 N–H and O–H groups in total. The molecular formula is C15H30N2O. The molecule has 2 fully saturated rings. The quantitative estimate of drug-likeness (QED) is 0.791. The molecule has 1 saturated heterocycles. The lowest BCUT2D eigenvalue weighted by atomic mass is 9.73. The summed E-state index contributed by atoms with van der Waals surface area (Å²) in [6, 6.07) is 0. The first-order valence-corrected chi connectivity index (χ1v) is 7.67. The minimum Gasteiger partial charge on any atom is -0.381 e. The van der Waals surface area contributed by atoms with E-state index in [9.17, 15) is 0 Å². The second kappa shape index (κ2) is 6.36. The monoisotopic (exact) mass is 254 g/mol. The highest BCUT2D eigenvalue weighted by molar-refractivity contribution is 4.87. The van der Waals surface area contributed by atoms with E-state index in [4.69, 9.17) is 10.5 Å². The lowest BCUT2D eigenvalue weighted by Crippen LogP contribution is -2.45. The summed E-state index contributed by atoms with van der Waals surface area (Å²) in [5.74, 6) is 0. The van der Waals surface area contributed by atoms with Gasteiger partial charge in [0.2, 0.25) is 0 Å². The Bertz CT molecular complexity index is 243. The van der Waals surface area contributed by atoms with Crippen molar-refractivity contribution < 1.29 is 4.74 Å². The zero-order valence-corrected chi connectivity index (χ0v) is 12.0. The minimum atomic E-state index is 0.389. The lowest BCUT2D eigenvalue weighted by molar-refractivity contribution is 0.0223. The Labute approximate surface area is 112 Å². The number of ether oxygens (including phenoxy) is 1. The maximum atomic E-state index is 6.03. The Kier molecular flexibility index (Phi) is 5.05. The highest BCUT2D eigenvalue weighted by atomic mass is 16.5. The number of rotatable bonds is 5. The number of hydrogen-bond donors (Lipinski definition) is 2. The topological polar surface area (TPSA) is 47.3 Å². The lowest BCUT2D eigenvalue weighted by Gasteiger charge is -2.39. The molecule has 0 atom stereocenters. The van der Waals surface area contributed by atoms with Crippen LogP contribution in [-0.2, 0) is 4.74 Å². The highest BCUT2D eigenvalue weighted by Gasteiger charge is 2.32. The summed E-state index contributed by atoms with van der Waals surface area (Å²) in [6.45, 7) is 7.33. The molecule has 106 valence electrons. The second-order valence-corrected chi connectivity index (χ2v) is 6.79. The Morgan fingerprint density at radius 1 is 1.00 bits per heavy atom. The molecule has 0 bridgehead atoms. The van der Waals surface area contributed by atoms with Gasteiger partial charge >= 0.3 is 0 Å². The van der Waals surface area contributed by atoms with Crippen molar-refractivity contribution in [1.82, 2.24) is 5.32 Å². The molecule has 3 heteroatoms. The molecule has 0 aromatic carbocycles. The van der Waals surface area contributed by atoms with Crippen LogP contribution in [-0.4, -0.2) is 32.8 Å². The first kappa shape index (κ1) is 14.3. The zero-order valence-electron chi connectivity index (χ0n) is 12.0. The summed E-state index contributed by atoms with van der Waals surface area (Å²) in [7, 11) is 0. The maximum Gasteiger partial charge on any atom is 0.0471 e. The molecule has 1 aliphatic heterocycles. The van der Waals surface area contributed by atoms with Gasteiger partial charge in [0.25, 0.3) is 0 Å². The molecule has 18 heavy (non-hydrogen) atoms. The molecule has 1 saturated carbocycles. The molecular weight excluding hydrogens is 224 g/mol. The van der Waals surface area contributed by atoms with Crippen LogP contribution < -0.4 is 11.1 Å². The number of nitrogens with one attached hydrogen (secondary N) is 1. The Balaban J connectivity index is 1.75. The third-order valence-electron chi connectivity index (χ3n) is 5.10. The van der Waals surface area contributed by atoms with Gasteiger partial charge in [0, 0.05) is 26.3 Å². The van der Waals surface area contributed by atoms with Crippen LogP contribution >= 0.6 is 0 Å². The molecule has 1 heterocycles. The fourth-order valence-electron chi connectivity index (χ4n) is 3.43. The van der Waals surface area contributed by atoms with Gasteiger partial charge in [-0.25, -0.2) is 0 Å². The standard InChI is InChI=1S/C15H30N2O/c1-14(7-9-18-10-8-14)12-17-13-15(11-16)5-3-2-4-6-15/h17H,2-13,16H2,1H3. The van der Waals surface area contributed by atoms with Crippen molar-refractivity contribution >= 4 is 0 Å². The van der Waals surface area contributed by atoms with E-state index in [1.807, 2.05) is 0 Å². The normalized spacial score (nSPS) is 27.0. The Hall–Kier alpha value is -0.120. The predicted molar refractivity (Wildman–Crippen MR) is 75.6 cm³/mol. The largest absolute Gasteiger partial charge is 0.381 e. The molecule has 0 radical (unpaired) electrons. The van der Waals surface area contributed by atoms with E-state index < -0.39 is 0 Å². The predicted octanol–water partition coefficient (Wildman–Crippen LogP) is 2.30. The molecule has 2 rings (SSSR count). The van der Waals surface area contributed by atoms with Gasteiger partial charge in [0.15, 0.2) is 0 Å². The van der Waals surface area contributed by atoms with E-state index in [0.29, 0.717) is 10.8 Å². The van der Waals surface area contributed by atoms with Crippen LogP contribution in [0.3, 0.4) is 0 Å². The van der Waals surface area contributed by atoms with Crippen LogP contribution in [0.25, 0.3) is 0 Å². The first-order chi connectivity index (χ1) is 8.68. The van der Waals surface area contributed by atoms with Crippen molar-refractivity contribution in [3.8, 4) is 0 Å². The van der Waals surface area contributed by atoms with Crippen LogP contribution in [0.4, 0.5) is 0 Å². The van der Waals surface area contributed by atoms with Gasteiger partial charge in [-0.1, -0.05) is 26.2 Å². The first-order valence-electron chi connectivity index (χ1n) is 7.67. The van der Waals surface area contributed by atoms with Gasteiger partial charge in [-0.3, -0.25) is 0 Å². The average molecular weight is 254 g/mol. The van der Waals surface area contributed by atoms with Gasteiger partial charge in [-0.15, -0.1) is 0 Å². The van der Waals surface area contributed by atoms with Crippen LogP contribution in [0.15, 0.2) is 0 Å². The maximum absolute atomic E-state index is 6.03. The molecule has 1 aliphatic carbocycles. The van der Waals surface area contributed by atoms with Gasteiger partial charge < -0.3 is 15.8 Å².